The molecule has 0 atom stereocenters. The Morgan fingerprint density at radius 1 is 0.512 bits per heavy atom. The molecule has 0 unspecified atom stereocenters. The average Bonchev–Trinajstić information content (AvgIpc) is 1.48. The standard InChI is InChI=1S/C80H67N4O.Pt/c1-77(2,3)54-41-42-81-74(47-54)84-70-36-17-13-27-61(70)62-40-39-59(49-73(62)84)85-58-26-20-25-57(48-58)82-50-83(72-38-19-18-37-71(72)82)76-60(53-44-55(78(4,5)6)46-56(45-53)79(7,8)9)29-21-31-64(76)63-30-22-35-69-75(63)65-28-12-16-34-68(65)80(69)66-32-14-10-23-51(66)43-52-24-11-15-33-67(52)80;/h10-42,44-47,50H,43H2,1-9H3;/q-3;/i13D,17D,27D,36D;. The first kappa shape index (κ1) is 50.6. The SMILES string of the molecule is [2H]c1c([2H])c([2H])c2c(c1[2H])c1ccc(Oc3[c-]c(N4[CH-]N(c5c(-c6cc(C(C)(C)C)cc(C(C)(C)C)c6)cccc5-c5cccc6c5-c5ccccc5C65c6ccccc6Cc6ccccc65)c5ccccc54)ccc3)[c-]c1n2-c1cc(C(C)(C)C)ccn1.[Pt]. The van der Waals surface area contributed by atoms with Gasteiger partial charge in [-0.25, -0.2) is 4.98 Å². The first-order valence-electron chi connectivity index (χ1n) is 31.6. The molecule has 0 bridgehead atoms. The number of hydrogen-bond donors (Lipinski definition) is 0. The molecule has 2 aliphatic carbocycles. The summed E-state index contributed by atoms with van der Waals surface area (Å²) in [7, 11) is 0. The first-order chi connectivity index (χ1) is 42.7. The molecule has 426 valence electrons. The number of hydrogen-bond acceptors (Lipinski definition) is 4. The van der Waals surface area contributed by atoms with Crippen molar-refractivity contribution in [3.8, 4) is 50.7 Å². The van der Waals surface area contributed by atoms with E-state index in [1.54, 1.807) is 16.8 Å². The van der Waals surface area contributed by atoms with E-state index in [2.05, 4.69) is 249 Å². The Hall–Kier alpha value is -8.76. The molecule has 0 fully saturated rings. The summed E-state index contributed by atoms with van der Waals surface area (Å²) >= 11 is 0. The Kier molecular flexibility index (Phi) is 12.0. The van der Waals surface area contributed by atoms with E-state index in [4.69, 9.17) is 13.8 Å². The van der Waals surface area contributed by atoms with Crippen LogP contribution in [0.25, 0.3) is 61.0 Å². The van der Waals surface area contributed by atoms with Gasteiger partial charge in [0.1, 0.15) is 5.82 Å². The van der Waals surface area contributed by atoms with E-state index in [0.717, 1.165) is 57.0 Å². The second-order valence-corrected chi connectivity index (χ2v) is 26.2. The van der Waals surface area contributed by atoms with Crippen LogP contribution >= 0.6 is 0 Å². The van der Waals surface area contributed by atoms with Crippen LogP contribution in [0.5, 0.6) is 11.5 Å². The van der Waals surface area contributed by atoms with Crippen molar-refractivity contribution in [1.29, 1.82) is 0 Å². The van der Waals surface area contributed by atoms with Gasteiger partial charge in [0.2, 0.25) is 0 Å². The van der Waals surface area contributed by atoms with Gasteiger partial charge in [-0.2, -0.15) is 12.1 Å². The molecule has 6 heteroatoms. The fraction of sp³-hybridized carbons (Fsp3) is 0.175. The van der Waals surface area contributed by atoms with E-state index in [1.807, 2.05) is 30.3 Å². The van der Waals surface area contributed by atoms with Gasteiger partial charge >= 0.3 is 0 Å². The second kappa shape index (κ2) is 20.5. The van der Waals surface area contributed by atoms with Crippen molar-refractivity contribution < 1.29 is 31.3 Å². The van der Waals surface area contributed by atoms with Crippen molar-refractivity contribution in [2.24, 2.45) is 0 Å². The fourth-order valence-corrected chi connectivity index (χ4v) is 13.6. The topological polar surface area (TPSA) is 33.5 Å². The minimum atomic E-state index is -0.535. The maximum absolute atomic E-state index is 9.19. The number of benzene rings is 10. The summed E-state index contributed by atoms with van der Waals surface area (Å²) < 4.78 is 44.3. The van der Waals surface area contributed by atoms with Crippen molar-refractivity contribution >= 4 is 44.6 Å². The second-order valence-electron chi connectivity index (χ2n) is 26.2. The number of pyridine rings is 1. The summed E-state index contributed by atoms with van der Waals surface area (Å²) in [6, 6.07) is 76.8. The predicted octanol–water partition coefficient (Wildman–Crippen LogP) is 20.5. The maximum Gasteiger partial charge on any atom is 0.135 e. The van der Waals surface area contributed by atoms with E-state index in [1.165, 1.54) is 55.6 Å². The van der Waals surface area contributed by atoms with Crippen LogP contribution in [0.4, 0.5) is 22.7 Å². The average molecular weight is 1300 g/mol. The molecule has 15 rings (SSSR count). The monoisotopic (exact) mass is 1300 g/mol. The van der Waals surface area contributed by atoms with E-state index < -0.39 is 5.41 Å². The largest absolute Gasteiger partial charge is 0.509 e. The zero-order valence-electron chi connectivity index (χ0n) is 53.9. The van der Waals surface area contributed by atoms with E-state index >= 15 is 0 Å². The normalized spacial score (nSPS) is 14.6. The quantitative estimate of drug-likeness (QED) is 0.149. The first-order valence-corrected chi connectivity index (χ1v) is 29.6. The van der Waals surface area contributed by atoms with Crippen molar-refractivity contribution in [2.45, 2.75) is 90.4 Å². The summed E-state index contributed by atoms with van der Waals surface area (Å²) in [5.74, 6) is 1.36. The number of fused-ring (bicyclic) bond motifs is 13. The number of ether oxygens (including phenoxy) is 1. The van der Waals surface area contributed by atoms with Gasteiger partial charge in [-0.1, -0.05) is 225 Å². The van der Waals surface area contributed by atoms with Gasteiger partial charge in [0.05, 0.1) is 10.9 Å². The van der Waals surface area contributed by atoms with Crippen molar-refractivity contribution in [3.05, 3.63) is 293 Å². The van der Waals surface area contributed by atoms with Crippen molar-refractivity contribution in [3.63, 3.8) is 0 Å². The molecule has 3 aliphatic rings. The molecule has 10 aromatic carbocycles. The zero-order valence-corrected chi connectivity index (χ0v) is 52.1. The molecule has 0 N–H and O–H groups in total. The van der Waals surface area contributed by atoms with Crippen LogP contribution in [0.15, 0.2) is 224 Å². The molecular weight excluding hydrogens is 1230 g/mol. The van der Waals surface area contributed by atoms with Crippen LogP contribution in [0.1, 0.15) is 118 Å². The Bertz CT molecular complexity index is 4850. The summed E-state index contributed by atoms with van der Waals surface area (Å²) in [5, 5.41) is 1.00. The molecule has 12 aromatic rings. The smallest absolute Gasteiger partial charge is 0.135 e. The molecular formula is C80H67N4OPt-3. The van der Waals surface area contributed by atoms with Gasteiger partial charge < -0.3 is 19.1 Å². The van der Waals surface area contributed by atoms with Gasteiger partial charge in [0, 0.05) is 72.5 Å². The minimum absolute atomic E-state index is 0. The summed E-state index contributed by atoms with van der Waals surface area (Å²) in [5.41, 5.74) is 22.2. The van der Waals surface area contributed by atoms with Gasteiger partial charge in [-0.05, 0) is 131 Å². The summed E-state index contributed by atoms with van der Waals surface area (Å²) in [4.78, 5) is 9.38. The third-order valence-corrected chi connectivity index (χ3v) is 17.8. The number of para-hydroxylation sites is 4. The molecule has 0 saturated carbocycles. The molecule has 0 saturated heterocycles. The Morgan fingerprint density at radius 3 is 1.81 bits per heavy atom. The number of nitrogens with zero attached hydrogens (tertiary/aromatic N) is 4. The van der Waals surface area contributed by atoms with Crippen LogP contribution in [-0.2, 0) is 49.1 Å². The number of rotatable bonds is 7. The molecule has 1 spiro atoms. The molecule has 1 aliphatic heterocycles. The molecule has 86 heavy (non-hydrogen) atoms. The Balaban J connectivity index is 0.00000707. The van der Waals surface area contributed by atoms with Gasteiger partial charge in [-0.15, -0.1) is 48.1 Å². The molecule has 5 nitrogen and oxygen atoms in total. The van der Waals surface area contributed by atoms with E-state index in [-0.39, 0.29) is 61.5 Å². The van der Waals surface area contributed by atoms with Gasteiger partial charge in [0.25, 0.3) is 0 Å². The van der Waals surface area contributed by atoms with Crippen LogP contribution in [-0.4, -0.2) is 9.55 Å². The Morgan fingerprint density at radius 2 is 1.09 bits per heavy atom. The van der Waals surface area contributed by atoms with Crippen LogP contribution in [0.2, 0.25) is 0 Å². The van der Waals surface area contributed by atoms with Crippen LogP contribution in [0, 0.1) is 18.8 Å². The predicted molar refractivity (Wildman–Crippen MR) is 351 cm³/mol. The molecule has 2 aromatic heterocycles. The Labute approximate surface area is 526 Å². The third kappa shape index (κ3) is 8.79. The zero-order chi connectivity index (χ0) is 61.6. The van der Waals surface area contributed by atoms with Crippen molar-refractivity contribution in [2.75, 3.05) is 9.80 Å². The van der Waals surface area contributed by atoms with Crippen LogP contribution < -0.4 is 14.5 Å². The fourth-order valence-electron chi connectivity index (χ4n) is 13.6. The summed E-state index contributed by atoms with van der Waals surface area (Å²) in [6.07, 6.45) is 2.63. The van der Waals surface area contributed by atoms with Gasteiger partial charge in [0.15, 0.2) is 0 Å². The van der Waals surface area contributed by atoms with E-state index in [9.17, 15) is 1.37 Å². The number of aromatic nitrogens is 2. The van der Waals surface area contributed by atoms with Crippen LogP contribution in [0.3, 0.4) is 0 Å². The molecule has 0 amide bonds. The maximum atomic E-state index is 9.19. The van der Waals surface area contributed by atoms with Crippen molar-refractivity contribution in [1.82, 2.24) is 9.55 Å². The third-order valence-electron chi connectivity index (χ3n) is 17.8. The van der Waals surface area contributed by atoms with E-state index in [0.29, 0.717) is 39.1 Å². The molecule has 0 radical (unpaired) electrons. The minimum Gasteiger partial charge on any atom is -0.509 e. The summed E-state index contributed by atoms with van der Waals surface area (Å²) in [6.45, 7) is 22.4. The molecule has 3 heterocycles. The number of anilines is 4. The van der Waals surface area contributed by atoms with Gasteiger partial charge in [-0.3, -0.25) is 0 Å².